The number of amides is 1. The van der Waals surface area contributed by atoms with Crippen molar-refractivity contribution in [3.05, 3.63) is 0 Å². The Balaban J connectivity index is 1.54. The van der Waals surface area contributed by atoms with Crippen LogP contribution in [0.2, 0.25) is 0 Å². The number of hydrogen-bond donors (Lipinski definition) is 2. The fraction of sp³-hybridized carbons (Fsp3) is 0.929. The topological polar surface area (TPSA) is 59.6 Å². The van der Waals surface area contributed by atoms with E-state index in [1.807, 2.05) is 0 Å². The molecule has 0 radical (unpaired) electrons. The summed E-state index contributed by atoms with van der Waals surface area (Å²) in [6.07, 6.45) is 7.52. The zero-order valence-electron chi connectivity index (χ0n) is 11.7. The Bertz CT molecular complexity index is 259. The summed E-state index contributed by atoms with van der Waals surface area (Å²) in [6.45, 7) is 2.98. The van der Waals surface area contributed by atoms with Crippen molar-refractivity contribution >= 4 is 5.91 Å². The first-order valence-corrected chi connectivity index (χ1v) is 7.57. The molecule has 0 aromatic heterocycles. The van der Waals surface area contributed by atoms with Gasteiger partial charge in [0.25, 0.3) is 5.91 Å². The van der Waals surface area contributed by atoms with Gasteiger partial charge in [0.15, 0.2) is 6.10 Å². The Hall–Kier alpha value is -0.650. The highest BCUT2D eigenvalue weighted by Crippen LogP contribution is 2.16. The Kier molecular flexibility index (Phi) is 6.61. The molecule has 1 aliphatic heterocycles. The molecule has 1 atom stereocenters. The quantitative estimate of drug-likeness (QED) is 0.574. The second kappa shape index (κ2) is 8.51. The molecule has 0 aromatic rings. The maximum Gasteiger partial charge on any atom is 0.251 e. The third kappa shape index (κ3) is 5.47. The molecule has 5 heteroatoms. The molecule has 1 aliphatic carbocycles. The number of nitrogens with one attached hydrogen (secondary N) is 2. The molecule has 0 unspecified atom stereocenters. The first-order valence-electron chi connectivity index (χ1n) is 7.57. The minimum atomic E-state index is -0.424. The van der Waals surface area contributed by atoms with Gasteiger partial charge in [-0.05, 0) is 12.8 Å². The molecule has 1 saturated carbocycles. The Morgan fingerprint density at radius 2 is 1.84 bits per heavy atom. The monoisotopic (exact) mass is 270 g/mol. The van der Waals surface area contributed by atoms with Crippen LogP contribution in [-0.2, 0) is 14.3 Å². The zero-order valence-corrected chi connectivity index (χ0v) is 11.7. The van der Waals surface area contributed by atoms with Gasteiger partial charge >= 0.3 is 0 Å². The van der Waals surface area contributed by atoms with Crippen LogP contribution in [0.1, 0.15) is 38.5 Å². The minimum absolute atomic E-state index is 0.0534. The van der Waals surface area contributed by atoms with E-state index >= 15 is 0 Å². The van der Waals surface area contributed by atoms with E-state index in [0.717, 1.165) is 6.54 Å². The molecule has 1 amide bonds. The predicted octanol–water partition coefficient (Wildman–Crippen LogP) is 0.830. The Labute approximate surface area is 115 Å². The molecule has 2 rings (SSSR count). The van der Waals surface area contributed by atoms with E-state index in [-0.39, 0.29) is 5.91 Å². The van der Waals surface area contributed by atoms with Crippen molar-refractivity contribution in [3.63, 3.8) is 0 Å². The van der Waals surface area contributed by atoms with E-state index in [1.54, 1.807) is 0 Å². The molecule has 0 spiro atoms. The van der Waals surface area contributed by atoms with Crippen LogP contribution in [0, 0.1) is 0 Å². The van der Waals surface area contributed by atoms with Crippen LogP contribution in [0.5, 0.6) is 0 Å². The normalized spacial score (nSPS) is 25.8. The second-order valence-corrected chi connectivity index (χ2v) is 5.37. The van der Waals surface area contributed by atoms with Gasteiger partial charge in [0, 0.05) is 19.1 Å². The second-order valence-electron chi connectivity index (χ2n) is 5.37. The molecule has 1 heterocycles. The molecule has 2 aliphatic rings. The summed E-state index contributed by atoms with van der Waals surface area (Å²) in [5.41, 5.74) is 0. The fourth-order valence-corrected chi connectivity index (χ4v) is 2.70. The third-order valence-corrected chi connectivity index (χ3v) is 3.82. The number of rotatable bonds is 5. The maximum atomic E-state index is 11.8. The van der Waals surface area contributed by atoms with Gasteiger partial charge in [-0.25, -0.2) is 0 Å². The van der Waals surface area contributed by atoms with Crippen LogP contribution in [0.25, 0.3) is 0 Å². The van der Waals surface area contributed by atoms with Gasteiger partial charge < -0.3 is 20.1 Å². The molecule has 2 fully saturated rings. The molecule has 0 bridgehead atoms. The highest BCUT2D eigenvalue weighted by atomic mass is 16.6. The number of ether oxygens (including phenoxy) is 2. The summed E-state index contributed by atoms with van der Waals surface area (Å²) in [4.78, 5) is 11.8. The van der Waals surface area contributed by atoms with Gasteiger partial charge in [-0.15, -0.1) is 0 Å². The summed E-state index contributed by atoms with van der Waals surface area (Å²) < 4.78 is 10.6. The van der Waals surface area contributed by atoms with Gasteiger partial charge in [-0.2, -0.15) is 0 Å². The highest BCUT2D eigenvalue weighted by molar-refractivity contribution is 5.80. The molecular formula is C14H26N2O3. The van der Waals surface area contributed by atoms with E-state index in [2.05, 4.69) is 10.6 Å². The van der Waals surface area contributed by atoms with Gasteiger partial charge in [-0.3, -0.25) is 4.79 Å². The predicted molar refractivity (Wildman–Crippen MR) is 73.1 cm³/mol. The number of carbonyl (C=O) groups excluding carboxylic acids is 1. The maximum absolute atomic E-state index is 11.8. The Morgan fingerprint density at radius 1 is 1.05 bits per heavy atom. The summed E-state index contributed by atoms with van der Waals surface area (Å²) in [7, 11) is 0. The molecule has 2 N–H and O–H groups in total. The lowest BCUT2D eigenvalue weighted by Gasteiger charge is -2.22. The average Bonchev–Trinajstić information content (AvgIpc) is 2.73. The van der Waals surface area contributed by atoms with Crippen molar-refractivity contribution in [2.24, 2.45) is 0 Å². The number of hydrogen-bond acceptors (Lipinski definition) is 4. The van der Waals surface area contributed by atoms with Crippen LogP contribution < -0.4 is 10.6 Å². The van der Waals surface area contributed by atoms with Crippen molar-refractivity contribution < 1.29 is 14.3 Å². The minimum Gasteiger partial charge on any atom is -0.376 e. The van der Waals surface area contributed by atoms with Crippen molar-refractivity contribution in [1.82, 2.24) is 10.6 Å². The summed E-state index contributed by atoms with van der Waals surface area (Å²) >= 11 is 0. The molecule has 5 nitrogen and oxygen atoms in total. The molecule has 1 saturated heterocycles. The molecule has 0 aromatic carbocycles. The van der Waals surface area contributed by atoms with Crippen LogP contribution in [-0.4, -0.2) is 51.0 Å². The van der Waals surface area contributed by atoms with Crippen LogP contribution in [0.3, 0.4) is 0 Å². The zero-order chi connectivity index (χ0) is 13.3. The van der Waals surface area contributed by atoms with Gasteiger partial charge in [-0.1, -0.05) is 25.7 Å². The smallest absolute Gasteiger partial charge is 0.251 e. The first-order chi connectivity index (χ1) is 9.36. The first kappa shape index (κ1) is 14.8. The van der Waals surface area contributed by atoms with Gasteiger partial charge in [0.2, 0.25) is 0 Å². The fourth-order valence-electron chi connectivity index (χ4n) is 2.70. The lowest BCUT2D eigenvalue weighted by atomic mass is 10.1. The standard InChI is InChI=1S/C14H26N2O3/c17-14(13-11-18-9-10-19-13)16-8-7-15-12-5-3-1-2-4-6-12/h12-13,15H,1-11H2,(H,16,17)/t13-/m1/s1. The van der Waals surface area contributed by atoms with E-state index in [0.29, 0.717) is 32.4 Å². The summed E-state index contributed by atoms with van der Waals surface area (Å²) in [6, 6.07) is 0.633. The van der Waals surface area contributed by atoms with E-state index < -0.39 is 6.10 Å². The van der Waals surface area contributed by atoms with Crippen LogP contribution >= 0.6 is 0 Å². The van der Waals surface area contributed by atoms with Crippen LogP contribution in [0.4, 0.5) is 0 Å². The SMILES string of the molecule is O=C(NCCNC1CCCCCC1)[C@H]1COCCO1. The van der Waals surface area contributed by atoms with Crippen LogP contribution in [0.15, 0.2) is 0 Å². The molecular weight excluding hydrogens is 244 g/mol. The van der Waals surface area contributed by atoms with E-state index in [9.17, 15) is 4.79 Å². The van der Waals surface area contributed by atoms with Gasteiger partial charge in [0.05, 0.1) is 19.8 Å². The van der Waals surface area contributed by atoms with Crippen molar-refractivity contribution in [3.8, 4) is 0 Å². The summed E-state index contributed by atoms with van der Waals surface area (Å²) in [5.74, 6) is -0.0534. The van der Waals surface area contributed by atoms with Gasteiger partial charge in [0.1, 0.15) is 0 Å². The van der Waals surface area contributed by atoms with E-state index in [1.165, 1.54) is 38.5 Å². The van der Waals surface area contributed by atoms with E-state index in [4.69, 9.17) is 9.47 Å². The van der Waals surface area contributed by atoms with Crippen molar-refractivity contribution in [2.75, 3.05) is 32.9 Å². The van der Waals surface area contributed by atoms with Crippen molar-refractivity contribution in [1.29, 1.82) is 0 Å². The number of carbonyl (C=O) groups is 1. The lowest BCUT2D eigenvalue weighted by Crippen LogP contribution is -2.45. The highest BCUT2D eigenvalue weighted by Gasteiger charge is 2.22. The molecule has 19 heavy (non-hydrogen) atoms. The molecule has 110 valence electrons. The largest absolute Gasteiger partial charge is 0.376 e. The Morgan fingerprint density at radius 3 is 2.53 bits per heavy atom. The summed E-state index contributed by atoms with van der Waals surface area (Å²) in [5, 5.41) is 6.43. The lowest BCUT2D eigenvalue weighted by molar-refractivity contribution is -0.147. The average molecular weight is 270 g/mol. The van der Waals surface area contributed by atoms with Crippen molar-refractivity contribution in [2.45, 2.75) is 50.7 Å². The third-order valence-electron chi connectivity index (χ3n) is 3.82.